The first kappa shape index (κ1) is 25.2. The minimum absolute atomic E-state index is 0.263. The number of aromatic nitrogens is 4. The number of nitrogens with zero attached hydrogens (tertiary/aromatic N) is 6. The fourth-order valence-corrected chi connectivity index (χ4v) is 4.16. The molecule has 3 N–H and O–H groups in total. The van der Waals surface area contributed by atoms with E-state index in [0.29, 0.717) is 16.0 Å². The lowest BCUT2D eigenvalue weighted by Crippen LogP contribution is -2.44. The highest BCUT2D eigenvalue weighted by atomic mass is 35.5. The van der Waals surface area contributed by atoms with E-state index in [4.69, 9.17) is 23.2 Å². The number of carbonyl (C=O) groups is 1. The Balaban J connectivity index is 0.000000917. The highest BCUT2D eigenvalue weighted by Crippen LogP contribution is 2.47. The van der Waals surface area contributed by atoms with Crippen molar-refractivity contribution >= 4 is 41.0 Å². The van der Waals surface area contributed by atoms with E-state index in [9.17, 15) is 15.0 Å². The van der Waals surface area contributed by atoms with Crippen LogP contribution in [0.4, 0.5) is 16.6 Å². The minimum Gasteiger partial charge on any atom is -0.347 e. The number of carbonyl (C=O) groups excluding carboxylic acids is 1. The Morgan fingerprint density at radius 3 is 2.34 bits per heavy atom. The minimum atomic E-state index is -2.26. The first-order valence-electron chi connectivity index (χ1n) is 11.2. The molecule has 2 amide bonds. The smallest absolute Gasteiger partial charge is 0.329 e. The second-order valence-corrected chi connectivity index (χ2v) is 9.52. The number of amides is 2. The van der Waals surface area contributed by atoms with Crippen LogP contribution in [0.3, 0.4) is 0 Å². The summed E-state index contributed by atoms with van der Waals surface area (Å²) in [5, 5.41) is 24.3. The van der Waals surface area contributed by atoms with Crippen LogP contribution in [0.5, 0.6) is 0 Å². The second-order valence-electron chi connectivity index (χ2n) is 8.65. The topological polar surface area (TPSA) is 120 Å². The summed E-state index contributed by atoms with van der Waals surface area (Å²) in [7, 11) is 1.31. The molecule has 3 aromatic rings. The molecule has 1 aromatic carbocycles. The van der Waals surface area contributed by atoms with Gasteiger partial charge in [0.1, 0.15) is 12.4 Å². The molecule has 2 aliphatic rings. The molecule has 0 atom stereocenters. The monoisotopic (exact) mass is 519 g/mol. The highest BCUT2D eigenvalue weighted by Gasteiger charge is 2.48. The number of halogens is 2. The number of likely N-dealkylation sites (N-methyl/N-ethyl adjacent to an activating group) is 1. The molecule has 186 valence electrons. The second kappa shape index (κ2) is 9.62. The van der Waals surface area contributed by atoms with Gasteiger partial charge in [0.15, 0.2) is 0 Å². The number of benzene rings is 1. The molecule has 1 aliphatic carbocycles. The fourth-order valence-electron chi connectivity index (χ4n) is 3.64. The van der Waals surface area contributed by atoms with E-state index >= 15 is 0 Å². The molecule has 3 heterocycles. The van der Waals surface area contributed by atoms with Crippen molar-refractivity contribution in [3.8, 4) is 5.69 Å². The standard InChI is InChI=1S/C20H19Cl2N7O3.C3H8/c1-27-18(30)29(10-20(27,31)32)16-2-5-23-17(25-16)26-19(3-4-19)15-9-28(11-24-15)14-7-12(21)6-13(22)8-14;1-3-2/h2,5-9,11,31-32H,3-4,10H2,1H3,(H,23,25,26);3H2,1-2H3. The molecule has 1 saturated carbocycles. The molecule has 1 saturated heterocycles. The first-order chi connectivity index (χ1) is 16.6. The third-order valence-electron chi connectivity index (χ3n) is 5.66. The van der Waals surface area contributed by atoms with Crippen molar-refractivity contribution in [3.05, 3.63) is 58.7 Å². The van der Waals surface area contributed by atoms with Gasteiger partial charge >= 0.3 is 6.03 Å². The predicted octanol–water partition coefficient (Wildman–Crippen LogP) is 4.00. The van der Waals surface area contributed by atoms with E-state index in [0.717, 1.165) is 29.1 Å². The largest absolute Gasteiger partial charge is 0.347 e. The third kappa shape index (κ3) is 5.20. The highest BCUT2D eigenvalue weighted by molar-refractivity contribution is 6.34. The molecular formula is C23H27Cl2N7O3. The zero-order valence-corrected chi connectivity index (χ0v) is 21.1. The summed E-state index contributed by atoms with van der Waals surface area (Å²) in [5.74, 6) is -1.69. The lowest BCUT2D eigenvalue weighted by atomic mass is 10.2. The van der Waals surface area contributed by atoms with Crippen LogP contribution in [-0.4, -0.2) is 60.2 Å². The van der Waals surface area contributed by atoms with Crippen molar-refractivity contribution in [1.82, 2.24) is 24.4 Å². The number of anilines is 2. The molecule has 2 fully saturated rings. The molecule has 0 bridgehead atoms. The Bertz CT molecular complexity index is 1210. The Morgan fingerprint density at radius 2 is 1.77 bits per heavy atom. The average molecular weight is 520 g/mol. The molecule has 10 nitrogen and oxygen atoms in total. The zero-order valence-electron chi connectivity index (χ0n) is 19.6. The molecule has 2 aromatic heterocycles. The number of urea groups is 1. The van der Waals surface area contributed by atoms with E-state index in [1.54, 1.807) is 24.5 Å². The van der Waals surface area contributed by atoms with Gasteiger partial charge in [0, 0.05) is 35.2 Å². The van der Waals surface area contributed by atoms with Crippen LogP contribution in [0.25, 0.3) is 5.69 Å². The Hall–Kier alpha value is -2.92. The lowest BCUT2D eigenvalue weighted by molar-refractivity contribution is -0.214. The normalized spacial score (nSPS) is 17.7. The maximum atomic E-state index is 12.4. The van der Waals surface area contributed by atoms with E-state index in [2.05, 4.69) is 34.1 Å². The molecule has 0 radical (unpaired) electrons. The third-order valence-corrected chi connectivity index (χ3v) is 6.10. The maximum absolute atomic E-state index is 12.4. The Labute approximate surface area is 213 Å². The summed E-state index contributed by atoms with van der Waals surface area (Å²) in [4.78, 5) is 27.6. The van der Waals surface area contributed by atoms with E-state index < -0.39 is 17.5 Å². The summed E-state index contributed by atoms with van der Waals surface area (Å²) in [6.45, 7) is 3.93. The first-order valence-corrected chi connectivity index (χ1v) is 12.0. The van der Waals surface area contributed by atoms with Crippen molar-refractivity contribution in [3.63, 3.8) is 0 Å². The maximum Gasteiger partial charge on any atom is 0.329 e. The molecule has 0 unspecified atom stereocenters. The van der Waals surface area contributed by atoms with Gasteiger partial charge in [0.2, 0.25) is 5.95 Å². The molecule has 12 heteroatoms. The van der Waals surface area contributed by atoms with Crippen molar-refractivity contribution in [2.24, 2.45) is 0 Å². The number of nitrogens with one attached hydrogen (secondary N) is 1. The summed E-state index contributed by atoms with van der Waals surface area (Å²) in [6, 6.07) is 6.23. The van der Waals surface area contributed by atoms with Crippen LogP contribution in [0, 0.1) is 0 Å². The SMILES string of the molecule is CCC.CN1C(=O)N(c2ccnc(NC3(c4cn(-c5cc(Cl)cc(Cl)c5)cn4)CC3)n2)CC1(O)O. The number of hydrogen-bond donors (Lipinski definition) is 3. The number of aliphatic hydroxyl groups is 2. The summed E-state index contributed by atoms with van der Waals surface area (Å²) in [6.07, 6.45) is 8.01. The average Bonchev–Trinajstić information content (AvgIpc) is 3.32. The molecular weight excluding hydrogens is 493 g/mol. The van der Waals surface area contributed by atoms with E-state index in [1.807, 2.05) is 10.8 Å². The number of rotatable bonds is 5. The summed E-state index contributed by atoms with van der Waals surface area (Å²) < 4.78 is 1.84. The predicted molar refractivity (Wildman–Crippen MR) is 134 cm³/mol. The zero-order chi connectivity index (χ0) is 25.4. The van der Waals surface area contributed by atoms with Gasteiger partial charge in [-0.3, -0.25) is 9.80 Å². The van der Waals surface area contributed by atoms with Crippen LogP contribution < -0.4 is 10.2 Å². The molecule has 35 heavy (non-hydrogen) atoms. The van der Waals surface area contributed by atoms with E-state index in [1.165, 1.54) is 30.6 Å². The van der Waals surface area contributed by atoms with Crippen molar-refractivity contribution in [1.29, 1.82) is 0 Å². The van der Waals surface area contributed by atoms with Crippen molar-refractivity contribution in [2.45, 2.75) is 44.6 Å². The van der Waals surface area contributed by atoms with Crippen LogP contribution in [0.15, 0.2) is 43.0 Å². The van der Waals surface area contributed by atoms with Crippen LogP contribution in [0.1, 0.15) is 38.8 Å². The van der Waals surface area contributed by atoms with Crippen LogP contribution in [-0.2, 0) is 5.54 Å². The lowest BCUT2D eigenvalue weighted by Gasteiger charge is -2.20. The van der Waals surface area contributed by atoms with Crippen LogP contribution in [0.2, 0.25) is 10.0 Å². The number of hydrogen-bond acceptors (Lipinski definition) is 7. The Morgan fingerprint density at radius 1 is 1.11 bits per heavy atom. The number of β-amino-alcohol motifs (C(OH)–C–C–N with tert-alkyl or cyclic N) is 2. The summed E-state index contributed by atoms with van der Waals surface area (Å²) in [5.41, 5.74) is 1.17. The van der Waals surface area contributed by atoms with Gasteiger partial charge in [0.05, 0.1) is 17.6 Å². The fraction of sp³-hybridized carbons (Fsp3) is 0.391. The van der Waals surface area contributed by atoms with Gasteiger partial charge in [0.25, 0.3) is 5.91 Å². The number of imidazole rings is 1. The quantitative estimate of drug-likeness (QED) is 0.435. The van der Waals surface area contributed by atoms with Gasteiger partial charge in [-0.1, -0.05) is 43.5 Å². The Kier molecular flexibility index (Phi) is 6.92. The molecule has 1 aliphatic heterocycles. The van der Waals surface area contributed by atoms with Gasteiger partial charge in [-0.25, -0.2) is 14.8 Å². The van der Waals surface area contributed by atoms with Gasteiger partial charge in [-0.2, -0.15) is 4.98 Å². The van der Waals surface area contributed by atoms with Gasteiger partial charge in [-0.15, -0.1) is 0 Å². The van der Waals surface area contributed by atoms with Crippen LogP contribution >= 0.6 is 23.2 Å². The molecule has 5 rings (SSSR count). The van der Waals surface area contributed by atoms with Crippen molar-refractivity contribution in [2.75, 3.05) is 23.8 Å². The van der Waals surface area contributed by atoms with Gasteiger partial charge in [-0.05, 0) is 37.1 Å². The van der Waals surface area contributed by atoms with Crippen molar-refractivity contribution < 1.29 is 15.0 Å². The summed E-state index contributed by atoms with van der Waals surface area (Å²) >= 11 is 12.2. The van der Waals surface area contributed by atoms with Gasteiger partial charge < -0.3 is 20.1 Å². The van der Waals surface area contributed by atoms with E-state index in [-0.39, 0.29) is 12.4 Å². The molecule has 0 spiro atoms.